The first kappa shape index (κ1) is 15.0. The highest BCUT2D eigenvalue weighted by atomic mass is 32.2. The molecule has 2 atom stereocenters. The van der Waals surface area contributed by atoms with Crippen molar-refractivity contribution in [2.75, 3.05) is 6.54 Å². The maximum absolute atomic E-state index is 12.8. The maximum atomic E-state index is 12.8. The predicted molar refractivity (Wildman–Crippen MR) is 78.9 cm³/mol. The Morgan fingerprint density at radius 1 is 1.42 bits per heavy atom. The summed E-state index contributed by atoms with van der Waals surface area (Å²) in [5, 5.41) is 0. The summed E-state index contributed by atoms with van der Waals surface area (Å²) in [4.78, 5) is 1.10. The normalized spacial score (nSPS) is 25.6. The van der Waals surface area contributed by atoms with E-state index in [0.29, 0.717) is 10.8 Å². The van der Waals surface area contributed by atoms with E-state index < -0.39 is 10.0 Å². The molecule has 0 amide bonds. The van der Waals surface area contributed by atoms with E-state index in [2.05, 4.69) is 0 Å². The molecule has 0 aromatic carbocycles. The number of nitrogens with two attached hydrogens (primary N) is 1. The molecule has 108 valence electrons. The van der Waals surface area contributed by atoms with Gasteiger partial charge in [0.15, 0.2) is 0 Å². The molecule has 0 saturated carbocycles. The molecule has 2 unspecified atom stereocenters. The lowest BCUT2D eigenvalue weighted by Gasteiger charge is -2.38. The van der Waals surface area contributed by atoms with Crippen molar-refractivity contribution in [2.45, 2.75) is 55.8 Å². The van der Waals surface area contributed by atoms with Gasteiger partial charge in [-0.2, -0.15) is 4.31 Å². The molecule has 2 heterocycles. The molecule has 2 rings (SSSR count). The van der Waals surface area contributed by atoms with Crippen molar-refractivity contribution in [2.24, 2.45) is 5.73 Å². The van der Waals surface area contributed by atoms with E-state index in [1.165, 1.54) is 11.3 Å². The Kier molecular flexibility index (Phi) is 4.66. The van der Waals surface area contributed by atoms with Gasteiger partial charge in [-0.15, -0.1) is 11.3 Å². The summed E-state index contributed by atoms with van der Waals surface area (Å²) in [6.45, 7) is 4.41. The Morgan fingerprint density at radius 3 is 2.74 bits per heavy atom. The van der Waals surface area contributed by atoms with Crippen LogP contribution >= 0.6 is 11.3 Å². The molecular weight excluding hydrogens is 280 g/mol. The fraction of sp³-hybridized carbons (Fsp3) is 0.692. The van der Waals surface area contributed by atoms with Gasteiger partial charge < -0.3 is 5.73 Å². The van der Waals surface area contributed by atoms with Crippen LogP contribution in [0.2, 0.25) is 0 Å². The largest absolute Gasteiger partial charge is 0.329 e. The van der Waals surface area contributed by atoms with Crippen LogP contribution < -0.4 is 5.73 Å². The third kappa shape index (κ3) is 2.86. The molecule has 19 heavy (non-hydrogen) atoms. The highest BCUT2D eigenvalue weighted by molar-refractivity contribution is 7.91. The monoisotopic (exact) mass is 302 g/mol. The molecule has 1 aliphatic rings. The number of nitrogens with zero attached hydrogens (tertiary/aromatic N) is 1. The van der Waals surface area contributed by atoms with Crippen molar-refractivity contribution < 1.29 is 8.42 Å². The zero-order chi connectivity index (χ0) is 14.0. The summed E-state index contributed by atoms with van der Waals surface area (Å²) in [6, 6.07) is 3.62. The zero-order valence-corrected chi connectivity index (χ0v) is 13.1. The quantitative estimate of drug-likeness (QED) is 0.927. The van der Waals surface area contributed by atoms with Crippen LogP contribution in [0.3, 0.4) is 0 Å². The van der Waals surface area contributed by atoms with E-state index in [1.54, 1.807) is 10.4 Å². The molecular formula is C13H22N2O2S2. The second-order valence-corrected chi connectivity index (χ2v) is 8.32. The average molecular weight is 302 g/mol. The molecule has 1 aromatic heterocycles. The molecule has 1 aliphatic heterocycles. The van der Waals surface area contributed by atoms with Crippen LogP contribution in [0.5, 0.6) is 0 Å². The summed E-state index contributed by atoms with van der Waals surface area (Å²) < 4.78 is 27.6. The van der Waals surface area contributed by atoms with E-state index >= 15 is 0 Å². The van der Waals surface area contributed by atoms with E-state index in [9.17, 15) is 8.42 Å². The van der Waals surface area contributed by atoms with Crippen molar-refractivity contribution in [3.63, 3.8) is 0 Å². The third-order valence-corrected chi connectivity index (χ3v) is 7.51. The molecule has 1 fully saturated rings. The van der Waals surface area contributed by atoms with E-state index in [1.807, 2.05) is 19.9 Å². The molecule has 4 nitrogen and oxygen atoms in total. The number of piperidine rings is 1. The number of rotatable bonds is 4. The van der Waals surface area contributed by atoms with Gasteiger partial charge in [-0.25, -0.2) is 8.42 Å². The Labute approximate surface area is 119 Å². The van der Waals surface area contributed by atoms with Crippen LogP contribution in [0.1, 0.15) is 38.0 Å². The molecule has 0 spiro atoms. The van der Waals surface area contributed by atoms with Crippen molar-refractivity contribution in [3.05, 3.63) is 17.0 Å². The highest BCUT2D eigenvalue weighted by Crippen LogP contribution is 2.32. The lowest BCUT2D eigenvalue weighted by molar-refractivity contribution is 0.196. The topological polar surface area (TPSA) is 63.4 Å². The summed E-state index contributed by atoms with van der Waals surface area (Å²) in [6.07, 6.45) is 3.71. The molecule has 0 aliphatic carbocycles. The van der Waals surface area contributed by atoms with Crippen LogP contribution in [0.4, 0.5) is 0 Å². The highest BCUT2D eigenvalue weighted by Gasteiger charge is 2.37. The van der Waals surface area contributed by atoms with Crippen LogP contribution in [0.15, 0.2) is 16.3 Å². The number of sulfonamides is 1. The number of hydrogen-bond acceptors (Lipinski definition) is 4. The summed E-state index contributed by atoms with van der Waals surface area (Å²) in [5.74, 6) is 0. The third-order valence-electron chi connectivity index (χ3n) is 3.74. The van der Waals surface area contributed by atoms with Crippen molar-refractivity contribution in [3.8, 4) is 0 Å². The van der Waals surface area contributed by atoms with Gasteiger partial charge >= 0.3 is 0 Å². The lowest BCUT2D eigenvalue weighted by Crippen LogP contribution is -2.51. The van der Waals surface area contributed by atoms with Crippen molar-refractivity contribution in [1.29, 1.82) is 0 Å². The van der Waals surface area contributed by atoms with Gasteiger partial charge in [-0.3, -0.25) is 0 Å². The van der Waals surface area contributed by atoms with Gasteiger partial charge in [0.1, 0.15) is 4.21 Å². The van der Waals surface area contributed by atoms with Gasteiger partial charge in [-0.1, -0.05) is 13.3 Å². The maximum Gasteiger partial charge on any atom is 0.253 e. The minimum atomic E-state index is -3.39. The molecule has 2 N–H and O–H groups in total. The SMILES string of the molecule is CCc1ccc(S(=O)(=O)N2C(C)CCCC2CN)s1. The van der Waals surface area contributed by atoms with Gasteiger partial charge in [0.25, 0.3) is 10.0 Å². The molecule has 6 heteroatoms. The van der Waals surface area contributed by atoms with Crippen LogP contribution in [0, 0.1) is 0 Å². The van der Waals surface area contributed by atoms with Crippen LogP contribution in [-0.4, -0.2) is 31.4 Å². The second-order valence-electron chi connectivity index (χ2n) is 5.08. The van der Waals surface area contributed by atoms with Gasteiger partial charge in [-0.05, 0) is 38.3 Å². The van der Waals surface area contributed by atoms with Gasteiger partial charge in [0, 0.05) is 23.5 Å². The standard InChI is InChI=1S/C13H22N2O2S2/c1-3-12-7-8-13(18-12)19(16,17)15-10(2)5-4-6-11(15)9-14/h7-8,10-11H,3-6,9,14H2,1-2H3. The Balaban J connectivity index is 2.35. The first-order chi connectivity index (χ1) is 9.00. The lowest BCUT2D eigenvalue weighted by atomic mass is 10.00. The van der Waals surface area contributed by atoms with Gasteiger partial charge in [0.2, 0.25) is 0 Å². The predicted octanol–water partition coefficient (Wildman–Crippen LogP) is 2.20. The number of hydrogen-bond donors (Lipinski definition) is 1. The molecule has 0 bridgehead atoms. The van der Waals surface area contributed by atoms with E-state index in [0.717, 1.165) is 30.6 Å². The van der Waals surface area contributed by atoms with Crippen molar-refractivity contribution >= 4 is 21.4 Å². The van der Waals surface area contributed by atoms with Crippen molar-refractivity contribution in [1.82, 2.24) is 4.31 Å². The fourth-order valence-corrected chi connectivity index (χ4v) is 6.00. The van der Waals surface area contributed by atoms with Gasteiger partial charge in [0.05, 0.1) is 0 Å². The summed E-state index contributed by atoms with van der Waals surface area (Å²) in [7, 11) is -3.39. The minimum Gasteiger partial charge on any atom is -0.329 e. The van der Waals surface area contributed by atoms with E-state index in [4.69, 9.17) is 5.73 Å². The average Bonchev–Trinajstić information content (AvgIpc) is 2.87. The minimum absolute atomic E-state index is 0.0412. The number of aryl methyl sites for hydroxylation is 1. The smallest absolute Gasteiger partial charge is 0.253 e. The van der Waals surface area contributed by atoms with Crippen LogP contribution in [-0.2, 0) is 16.4 Å². The zero-order valence-electron chi connectivity index (χ0n) is 11.5. The fourth-order valence-electron chi connectivity index (χ4n) is 2.71. The Bertz CT molecular complexity index is 525. The Hall–Kier alpha value is -0.430. The first-order valence-corrected chi connectivity index (χ1v) is 9.08. The Morgan fingerprint density at radius 2 is 2.16 bits per heavy atom. The molecule has 1 saturated heterocycles. The summed E-state index contributed by atoms with van der Waals surface area (Å²) >= 11 is 1.38. The first-order valence-electron chi connectivity index (χ1n) is 6.83. The molecule has 0 radical (unpaired) electrons. The van der Waals surface area contributed by atoms with E-state index in [-0.39, 0.29) is 12.1 Å². The number of thiophene rings is 1. The summed E-state index contributed by atoms with van der Waals surface area (Å²) in [5.41, 5.74) is 5.76. The van der Waals surface area contributed by atoms with Crippen LogP contribution in [0.25, 0.3) is 0 Å². The molecule has 1 aromatic rings. The second kappa shape index (κ2) is 5.91.